The molecule has 24 heavy (non-hydrogen) atoms. The zero-order chi connectivity index (χ0) is 17.3. The first-order valence-corrected chi connectivity index (χ1v) is 9.85. The summed E-state index contributed by atoms with van der Waals surface area (Å²) < 4.78 is 0. The highest BCUT2D eigenvalue weighted by Crippen LogP contribution is 2.66. The molecule has 1 unspecified atom stereocenters. The van der Waals surface area contributed by atoms with Crippen molar-refractivity contribution in [2.45, 2.75) is 77.9 Å². The van der Waals surface area contributed by atoms with Gasteiger partial charge in [-0.15, -0.1) is 0 Å². The van der Waals surface area contributed by atoms with Crippen LogP contribution in [0.4, 0.5) is 0 Å². The van der Waals surface area contributed by atoms with Crippen LogP contribution in [0.5, 0.6) is 0 Å². The Balaban J connectivity index is 1.68. The van der Waals surface area contributed by atoms with E-state index in [2.05, 4.69) is 19.9 Å². The predicted molar refractivity (Wildman–Crippen MR) is 93.3 cm³/mol. The highest BCUT2D eigenvalue weighted by molar-refractivity contribution is 5.95. The fraction of sp³-hybridized carbons (Fsp3) is 0.857. The van der Waals surface area contributed by atoms with Crippen LogP contribution < -0.4 is 0 Å². The Morgan fingerprint density at radius 2 is 1.96 bits per heavy atom. The van der Waals surface area contributed by atoms with Crippen LogP contribution >= 0.6 is 0 Å². The van der Waals surface area contributed by atoms with Crippen molar-refractivity contribution >= 4 is 5.78 Å². The van der Waals surface area contributed by atoms with Gasteiger partial charge < -0.3 is 10.2 Å². The number of aliphatic hydroxyl groups excluding tert-OH is 2. The molecular formula is C21H32O3. The highest BCUT2D eigenvalue weighted by atomic mass is 16.3. The summed E-state index contributed by atoms with van der Waals surface area (Å²) in [7, 11) is 0. The minimum atomic E-state index is -0.319. The summed E-state index contributed by atoms with van der Waals surface area (Å²) >= 11 is 0. The van der Waals surface area contributed by atoms with Crippen molar-refractivity contribution in [1.82, 2.24) is 0 Å². The summed E-state index contributed by atoms with van der Waals surface area (Å²) in [6.45, 7) is 6.27. The molecule has 134 valence electrons. The van der Waals surface area contributed by atoms with Crippen LogP contribution in [0.1, 0.15) is 65.7 Å². The first-order chi connectivity index (χ1) is 11.3. The molecule has 0 radical (unpaired) electrons. The van der Waals surface area contributed by atoms with Crippen molar-refractivity contribution in [3.05, 3.63) is 11.6 Å². The average Bonchev–Trinajstić information content (AvgIpc) is 2.84. The van der Waals surface area contributed by atoms with Crippen LogP contribution in [0.3, 0.4) is 0 Å². The first kappa shape index (κ1) is 16.8. The third-order valence-electron chi connectivity index (χ3n) is 8.53. The Hall–Kier alpha value is -0.670. The topological polar surface area (TPSA) is 57.5 Å². The van der Waals surface area contributed by atoms with Crippen LogP contribution in [-0.4, -0.2) is 28.2 Å². The number of hydrogen-bond acceptors (Lipinski definition) is 3. The number of ketones is 1. The lowest BCUT2D eigenvalue weighted by atomic mass is 9.44. The summed E-state index contributed by atoms with van der Waals surface area (Å²) in [5, 5.41) is 21.3. The van der Waals surface area contributed by atoms with Gasteiger partial charge in [-0.1, -0.05) is 19.9 Å². The van der Waals surface area contributed by atoms with Gasteiger partial charge in [-0.05, 0) is 86.5 Å². The summed E-state index contributed by atoms with van der Waals surface area (Å²) in [4.78, 5) is 12.1. The highest BCUT2D eigenvalue weighted by Gasteiger charge is 2.61. The van der Waals surface area contributed by atoms with E-state index in [9.17, 15) is 15.0 Å². The van der Waals surface area contributed by atoms with Crippen LogP contribution in [0.2, 0.25) is 0 Å². The van der Waals surface area contributed by atoms with Gasteiger partial charge in [0.05, 0.1) is 12.2 Å². The van der Waals surface area contributed by atoms with Gasteiger partial charge >= 0.3 is 0 Å². The fourth-order valence-corrected chi connectivity index (χ4v) is 7.48. The molecule has 0 aliphatic heterocycles. The quantitative estimate of drug-likeness (QED) is 0.773. The molecule has 3 nitrogen and oxygen atoms in total. The second-order valence-corrected chi connectivity index (χ2v) is 9.60. The van der Waals surface area contributed by atoms with Gasteiger partial charge in [-0.2, -0.15) is 0 Å². The molecular weight excluding hydrogens is 300 g/mol. The van der Waals surface area contributed by atoms with E-state index in [4.69, 9.17) is 0 Å². The fourth-order valence-electron chi connectivity index (χ4n) is 7.48. The van der Waals surface area contributed by atoms with Crippen LogP contribution in [0.25, 0.3) is 0 Å². The molecule has 8 atom stereocenters. The SMILES string of the molecule is CC(=O)C1=CC[C@H]2[C@@H]3CC[C@H]4C[C@H](O)CC[C@]4(C)[C@H]3C(O)C[C@]12C. The Morgan fingerprint density at radius 1 is 1.21 bits per heavy atom. The number of fused-ring (bicyclic) bond motifs is 5. The number of carbonyl (C=O) groups is 1. The van der Waals surface area contributed by atoms with Gasteiger partial charge in [0, 0.05) is 5.41 Å². The average molecular weight is 332 g/mol. The van der Waals surface area contributed by atoms with E-state index in [1.807, 2.05) is 0 Å². The number of Topliss-reactive ketones (excluding diaryl/α,β-unsaturated/α-hetero) is 1. The zero-order valence-electron chi connectivity index (χ0n) is 15.3. The smallest absolute Gasteiger partial charge is 0.156 e. The van der Waals surface area contributed by atoms with Gasteiger partial charge in [0.2, 0.25) is 0 Å². The normalized spacial score (nSPS) is 53.6. The van der Waals surface area contributed by atoms with Crippen molar-refractivity contribution in [3.8, 4) is 0 Å². The predicted octanol–water partition coefficient (Wildman–Crippen LogP) is 3.49. The molecule has 4 aliphatic rings. The molecule has 3 fully saturated rings. The molecule has 3 saturated carbocycles. The van der Waals surface area contributed by atoms with E-state index in [1.54, 1.807) is 6.92 Å². The maximum atomic E-state index is 12.1. The Labute approximate surface area is 145 Å². The lowest BCUT2D eigenvalue weighted by Gasteiger charge is -2.62. The van der Waals surface area contributed by atoms with Crippen molar-refractivity contribution in [1.29, 1.82) is 0 Å². The molecule has 0 heterocycles. The lowest BCUT2D eigenvalue weighted by molar-refractivity contribution is -0.169. The molecule has 0 bridgehead atoms. The van der Waals surface area contributed by atoms with Gasteiger partial charge in [0.1, 0.15) is 0 Å². The molecule has 4 rings (SSSR count). The Bertz CT molecular complexity index is 582. The molecule has 3 heteroatoms. The molecule has 2 N–H and O–H groups in total. The molecule has 0 aromatic rings. The molecule has 0 saturated heterocycles. The minimum Gasteiger partial charge on any atom is -0.393 e. The maximum absolute atomic E-state index is 12.1. The standard InChI is InChI=1S/C21H32O3/c1-12(22)16-6-7-17-15-5-4-13-10-14(23)8-9-20(13,2)19(15)18(24)11-21(16,17)3/h6,13-15,17-19,23-24H,4-5,7-11H2,1-3H3/t13-,14+,15-,17-,18?,19+,20-,21+/m0/s1. The minimum absolute atomic E-state index is 0.135. The molecule has 0 amide bonds. The van der Waals surface area contributed by atoms with Gasteiger partial charge in [-0.3, -0.25) is 4.79 Å². The Kier molecular flexibility index (Phi) is 3.78. The monoisotopic (exact) mass is 332 g/mol. The Morgan fingerprint density at radius 3 is 2.67 bits per heavy atom. The molecule has 4 aliphatic carbocycles. The van der Waals surface area contributed by atoms with E-state index in [1.165, 1.54) is 6.42 Å². The number of hydrogen-bond donors (Lipinski definition) is 2. The summed E-state index contributed by atoms with van der Waals surface area (Å²) in [5.41, 5.74) is 0.988. The summed E-state index contributed by atoms with van der Waals surface area (Å²) in [6.07, 6.45) is 8.57. The summed E-state index contributed by atoms with van der Waals surface area (Å²) in [6, 6.07) is 0. The van der Waals surface area contributed by atoms with E-state index in [0.29, 0.717) is 23.7 Å². The largest absolute Gasteiger partial charge is 0.393 e. The van der Waals surface area contributed by atoms with Crippen molar-refractivity contribution in [2.75, 3.05) is 0 Å². The molecule has 0 spiro atoms. The third-order valence-corrected chi connectivity index (χ3v) is 8.53. The zero-order valence-corrected chi connectivity index (χ0v) is 15.3. The second kappa shape index (κ2) is 5.41. The first-order valence-electron chi connectivity index (χ1n) is 9.85. The molecule has 0 aromatic heterocycles. The van der Waals surface area contributed by atoms with Crippen molar-refractivity contribution in [2.24, 2.45) is 34.5 Å². The van der Waals surface area contributed by atoms with Crippen LogP contribution in [0.15, 0.2) is 11.6 Å². The van der Waals surface area contributed by atoms with Crippen molar-refractivity contribution < 1.29 is 15.0 Å². The van der Waals surface area contributed by atoms with Gasteiger partial charge in [-0.25, -0.2) is 0 Å². The number of aliphatic hydroxyl groups is 2. The van der Waals surface area contributed by atoms with Crippen LogP contribution in [0, 0.1) is 34.5 Å². The molecule has 0 aromatic carbocycles. The number of allylic oxidation sites excluding steroid dienone is 2. The summed E-state index contributed by atoms with van der Waals surface area (Å²) in [5.74, 6) is 2.09. The van der Waals surface area contributed by atoms with E-state index in [-0.39, 0.29) is 28.8 Å². The van der Waals surface area contributed by atoms with E-state index >= 15 is 0 Å². The number of carbonyl (C=O) groups excluding carboxylic acids is 1. The van der Waals surface area contributed by atoms with E-state index in [0.717, 1.165) is 44.1 Å². The second-order valence-electron chi connectivity index (χ2n) is 9.60. The third kappa shape index (κ3) is 2.13. The number of rotatable bonds is 1. The van der Waals surface area contributed by atoms with Crippen LogP contribution in [-0.2, 0) is 4.79 Å². The lowest BCUT2D eigenvalue weighted by Crippen LogP contribution is -2.59. The van der Waals surface area contributed by atoms with Crippen molar-refractivity contribution in [3.63, 3.8) is 0 Å². The van der Waals surface area contributed by atoms with E-state index < -0.39 is 0 Å². The maximum Gasteiger partial charge on any atom is 0.156 e. The van der Waals surface area contributed by atoms with Gasteiger partial charge in [0.25, 0.3) is 0 Å². The van der Waals surface area contributed by atoms with Gasteiger partial charge in [0.15, 0.2) is 5.78 Å².